The minimum atomic E-state index is -0.109. The molecular formula is C22H26N2O2. The molecular weight excluding hydrogens is 324 g/mol. The maximum atomic E-state index is 12.8. The van der Waals surface area contributed by atoms with Crippen LogP contribution in [0.25, 0.3) is 5.70 Å². The fourth-order valence-electron chi connectivity index (χ4n) is 3.29. The predicted molar refractivity (Wildman–Crippen MR) is 107 cm³/mol. The van der Waals surface area contributed by atoms with Crippen LogP contribution in [0.15, 0.2) is 48.5 Å². The summed E-state index contributed by atoms with van der Waals surface area (Å²) in [6.07, 6.45) is 2.60. The highest BCUT2D eigenvalue weighted by Crippen LogP contribution is 2.32. The molecule has 1 aliphatic rings. The Morgan fingerprint density at radius 2 is 1.85 bits per heavy atom. The SMILES string of the molecule is COc1ccc2c(c1)/C(=C/C(=O)c1ccc(N(C)C)cc1)NC(C)(C)C2. The summed E-state index contributed by atoms with van der Waals surface area (Å²) in [7, 11) is 5.62. The average Bonchev–Trinajstić information content (AvgIpc) is 2.60. The Morgan fingerprint density at radius 3 is 2.46 bits per heavy atom. The summed E-state index contributed by atoms with van der Waals surface area (Å²) in [5.74, 6) is 0.781. The van der Waals surface area contributed by atoms with Gasteiger partial charge in [0.05, 0.1) is 7.11 Å². The molecule has 0 spiro atoms. The molecule has 4 heteroatoms. The predicted octanol–water partition coefficient (Wildman–Crippen LogP) is 3.91. The number of carbonyl (C=O) groups excluding carboxylic acids is 1. The first-order valence-corrected chi connectivity index (χ1v) is 8.78. The Kier molecular flexibility index (Phi) is 4.77. The van der Waals surface area contributed by atoms with Gasteiger partial charge >= 0.3 is 0 Å². The van der Waals surface area contributed by atoms with E-state index in [0.717, 1.165) is 29.1 Å². The molecule has 3 rings (SSSR count). The monoisotopic (exact) mass is 350 g/mol. The number of anilines is 1. The molecule has 0 unspecified atom stereocenters. The molecule has 0 bridgehead atoms. The molecule has 4 nitrogen and oxygen atoms in total. The van der Waals surface area contributed by atoms with Crippen LogP contribution in [0.2, 0.25) is 0 Å². The number of nitrogens with one attached hydrogen (secondary N) is 1. The summed E-state index contributed by atoms with van der Waals surface area (Å²) < 4.78 is 5.36. The topological polar surface area (TPSA) is 41.6 Å². The molecule has 1 aliphatic heterocycles. The summed E-state index contributed by atoms with van der Waals surface area (Å²) in [6.45, 7) is 4.29. The Hall–Kier alpha value is -2.75. The molecule has 1 heterocycles. The third-order valence-corrected chi connectivity index (χ3v) is 4.66. The Morgan fingerprint density at radius 1 is 1.15 bits per heavy atom. The largest absolute Gasteiger partial charge is 0.497 e. The smallest absolute Gasteiger partial charge is 0.187 e. The number of fused-ring (bicyclic) bond motifs is 1. The van der Waals surface area contributed by atoms with Crippen LogP contribution < -0.4 is 15.0 Å². The van der Waals surface area contributed by atoms with E-state index >= 15 is 0 Å². The molecule has 2 aromatic carbocycles. The van der Waals surface area contributed by atoms with E-state index < -0.39 is 0 Å². The summed E-state index contributed by atoms with van der Waals surface area (Å²) >= 11 is 0. The number of ether oxygens (including phenoxy) is 1. The average molecular weight is 350 g/mol. The standard InChI is InChI=1S/C22H26N2O2/c1-22(2)14-16-8-11-18(26-5)12-19(16)20(23-22)13-21(25)15-6-9-17(10-7-15)24(3)4/h6-13,23H,14H2,1-5H3/b20-13-. The third-order valence-electron chi connectivity index (χ3n) is 4.66. The van der Waals surface area contributed by atoms with E-state index in [0.29, 0.717) is 5.56 Å². The number of hydrogen-bond donors (Lipinski definition) is 1. The molecule has 0 atom stereocenters. The van der Waals surface area contributed by atoms with Gasteiger partial charge in [0.1, 0.15) is 5.75 Å². The molecule has 0 aliphatic carbocycles. The summed E-state index contributed by atoms with van der Waals surface area (Å²) in [4.78, 5) is 14.8. The second-order valence-corrected chi connectivity index (χ2v) is 7.57. The van der Waals surface area contributed by atoms with Crippen LogP contribution in [-0.4, -0.2) is 32.5 Å². The number of methoxy groups -OCH3 is 1. The first kappa shape index (κ1) is 18.1. The summed E-state index contributed by atoms with van der Waals surface area (Å²) in [5, 5.41) is 3.51. The maximum absolute atomic E-state index is 12.8. The molecule has 0 saturated carbocycles. The quantitative estimate of drug-likeness (QED) is 0.670. The van der Waals surface area contributed by atoms with Crippen LogP contribution in [0.1, 0.15) is 35.3 Å². The zero-order chi connectivity index (χ0) is 18.9. The third kappa shape index (κ3) is 3.74. The minimum absolute atomic E-state index is 0.00993. The first-order chi connectivity index (χ1) is 12.3. The lowest BCUT2D eigenvalue weighted by molar-refractivity contribution is 0.104. The van der Waals surface area contributed by atoms with Crippen molar-refractivity contribution < 1.29 is 9.53 Å². The number of nitrogens with zero attached hydrogens (tertiary/aromatic N) is 1. The second-order valence-electron chi connectivity index (χ2n) is 7.57. The molecule has 0 saturated heterocycles. The van der Waals surface area contributed by atoms with Crippen molar-refractivity contribution in [1.82, 2.24) is 5.32 Å². The van der Waals surface area contributed by atoms with E-state index in [2.05, 4.69) is 25.2 Å². The van der Waals surface area contributed by atoms with Crippen LogP contribution >= 0.6 is 0 Å². The van der Waals surface area contributed by atoms with Crippen LogP contribution in [0.5, 0.6) is 5.75 Å². The van der Waals surface area contributed by atoms with E-state index in [1.54, 1.807) is 13.2 Å². The van der Waals surface area contributed by atoms with Gasteiger partial charge in [-0.15, -0.1) is 0 Å². The number of benzene rings is 2. The molecule has 136 valence electrons. The lowest BCUT2D eigenvalue weighted by Gasteiger charge is -2.35. The molecule has 1 N–H and O–H groups in total. The van der Waals surface area contributed by atoms with Crippen LogP contribution in [0.3, 0.4) is 0 Å². The number of carbonyl (C=O) groups is 1. The van der Waals surface area contributed by atoms with E-state index in [9.17, 15) is 4.79 Å². The van der Waals surface area contributed by atoms with E-state index in [4.69, 9.17) is 4.74 Å². The van der Waals surface area contributed by atoms with Crippen molar-refractivity contribution in [1.29, 1.82) is 0 Å². The molecule has 26 heavy (non-hydrogen) atoms. The summed E-state index contributed by atoms with van der Waals surface area (Å²) in [6, 6.07) is 13.7. The lowest BCUT2D eigenvalue weighted by Crippen LogP contribution is -2.43. The van der Waals surface area contributed by atoms with Gasteiger partial charge in [-0.25, -0.2) is 0 Å². The van der Waals surface area contributed by atoms with Gasteiger partial charge < -0.3 is 15.0 Å². The first-order valence-electron chi connectivity index (χ1n) is 8.78. The van der Waals surface area contributed by atoms with E-state index in [1.807, 2.05) is 55.4 Å². The minimum Gasteiger partial charge on any atom is -0.497 e. The van der Waals surface area contributed by atoms with Gasteiger partial charge in [-0.05, 0) is 62.2 Å². The zero-order valence-electron chi connectivity index (χ0n) is 16.1. The van der Waals surface area contributed by atoms with E-state index in [-0.39, 0.29) is 11.3 Å². The number of rotatable bonds is 4. The Labute approximate surface area is 155 Å². The summed E-state index contributed by atoms with van der Waals surface area (Å²) in [5.41, 5.74) is 4.73. The molecule has 0 amide bonds. The normalized spacial score (nSPS) is 16.6. The van der Waals surface area contributed by atoms with Crippen LogP contribution in [0, 0.1) is 0 Å². The fraction of sp³-hybridized carbons (Fsp3) is 0.318. The van der Waals surface area contributed by atoms with Gasteiger partial charge in [-0.2, -0.15) is 0 Å². The maximum Gasteiger partial charge on any atom is 0.187 e. The van der Waals surface area contributed by atoms with Gasteiger partial charge in [-0.3, -0.25) is 4.79 Å². The van der Waals surface area contributed by atoms with Crippen molar-refractivity contribution >= 4 is 17.2 Å². The zero-order valence-corrected chi connectivity index (χ0v) is 16.1. The van der Waals surface area contributed by atoms with Crippen molar-refractivity contribution in [3.05, 3.63) is 65.2 Å². The number of ketones is 1. The van der Waals surface area contributed by atoms with Crippen LogP contribution in [0.4, 0.5) is 5.69 Å². The van der Waals surface area contributed by atoms with E-state index in [1.165, 1.54) is 5.56 Å². The van der Waals surface area contributed by atoms with Gasteiger partial charge in [0, 0.05) is 48.2 Å². The molecule has 0 radical (unpaired) electrons. The van der Waals surface area contributed by atoms with Crippen molar-refractivity contribution in [3.8, 4) is 5.75 Å². The molecule has 0 fully saturated rings. The lowest BCUT2D eigenvalue weighted by atomic mass is 9.85. The highest BCUT2D eigenvalue weighted by molar-refractivity contribution is 6.08. The molecule has 0 aromatic heterocycles. The van der Waals surface area contributed by atoms with Crippen molar-refractivity contribution in [2.45, 2.75) is 25.8 Å². The second kappa shape index (κ2) is 6.87. The molecule has 2 aromatic rings. The number of allylic oxidation sites excluding steroid dienone is 1. The Bertz CT molecular complexity index is 849. The van der Waals surface area contributed by atoms with Gasteiger partial charge in [0.25, 0.3) is 0 Å². The fourth-order valence-corrected chi connectivity index (χ4v) is 3.29. The number of hydrogen-bond acceptors (Lipinski definition) is 4. The highest BCUT2D eigenvalue weighted by Gasteiger charge is 2.28. The van der Waals surface area contributed by atoms with Crippen molar-refractivity contribution in [3.63, 3.8) is 0 Å². The highest BCUT2D eigenvalue weighted by atomic mass is 16.5. The van der Waals surface area contributed by atoms with Gasteiger partial charge in [-0.1, -0.05) is 6.07 Å². The van der Waals surface area contributed by atoms with Crippen molar-refractivity contribution in [2.75, 3.05) is 26.1 Å². The Balaban J connectivity index is 1.97. The van der Waals surface area contributed by atoms with Crippen molar-refractivity contribution in [2.24, 2.45) is 0 Å². The van der Waals surface area contributed by atoms with Crippen LogP contribution in [-0.2, 0) is 6.42 Å². The van der Waals surface area contributed by atoms with Gasteiger partial charge in [0.2, 0.25) is 0 Å². The van der Waals surface area contributed by atoms with Gasteiger partial charge in [0.15, 0.2) is 5.78 Å².